The topological polar surface area (TPSA) is 48.5 Å². The van der Waals surface area contributed by atoms with Crippen LogP contribution in [0, 0.1) is 6.92 Å². The number of hydrogen-bond donors (Lipinski definition) is 1. The van der Waals surface area contributed by atoms with Crippen LogP contribution in [-0.2, 0) is 4.79 Å². The maximum absolute atomic E-state index is 12.0. The van der Waals surface area contributed by atoms with Crippen molar-refractivity contribution in [2.75, 3.05) is 44.2 Å². The first-order chi connectivity index (χ1) is 14.6. The Kier molecular flexibility index (Phi) is 6.67. The normalized spacial score (nSPS) is 15.2. The summed E-state index contributed by atoms with van der Waals surface area (Å²) in [5, 5.41) is 4.70. The number of nitrogens with zero attached hydrogens (tertiary/aromatic N) is 3. The number of piperazine rings is 1. The Morgan fingerprint density at radius 3 is 2.73 bits per heavy atom. The predicted octanol–water partition coefficient (Wildman–Crippen LogP) is 4.21. The lowest BCUT2D eigenvalue weighted by Gasteiger charge is -2.34. The number of aryl methyl sites for hydroxylation is 1. The molecule has 2 aromatic carbocycles. The van der Waals surface area contributed by atoms with E-state index in [1.54, 1.807) is 17.4 Å². The van der Waals surface area contributed by atoms with E-state index < -0.39 is 0 Å². The fraction of sp³-hybridized carbons (Fsp3) is 0.304. The number of benzene rings is 2. The Bertz CT molecular complexity index is 1060. The summed E-state index contributed by atoms with van der Waals surface area (Å²) >= 11 is 7.87. The van der Waals surface area contributed by atoms with E-state index in [1.165, 1.54) is 16.3 Å². The largest absolute Gasteiger partial charge is 0.351 e. The van der Waals surface area contributed by atoms with Crippen molar-refractivity contribution >= 4 is 50.3 Å². The second kappa shape index (κ2) is 9.60. The van der Waals surface area contributed by atoms with E-state index in [-0.39, 0.29) is 5.91 Å². The predicted molar refractivity (Wildman–Crippen MR) is 127 cm³/mol. The fourth-order valence-electron chi connectivity index (χ4n) is 3.54. The molecule has 0 saturated carbocycles. The first kappa shape index (κ1) is 20.8. The van der Waals surface area contributed by atoms with Gasteiger partial charge in [0, 0.05) is 50.4 Å². The minimum atomic E-state index is -0.0987. The number of halogens is 1. The molecule has 0 bridgehead atoms. The molecule has 3 aromatic rings. The van der Waals surface area contributed by atoms with Crippen molar-refractivity contribution < 1.29 is 4.79 Å². The van der Waals surface area contributed by atoms with Gasteiger partial charge in [-0.05, 0) is 36.3 Å². The molecule has 1 N–H and O–H groups in total. The van der Waals surface area contributed by atoms with Gasteiger partial charge >= 0.3 is 0 Å². The van der Waals surface area contributed by atoms with Crippen molar-refractivity contribution in [3.8, 4) is 0 Å². The first-order valence-corrected chi connectivity index (χ1v) is 11.3. The summed E-state index contributed by atoms with van der Waals surface area (Å²) in [6.45, 7) is 7.45. The SMILES string of the molecule is Cc1cccc2sc(N3CCN(CCNC(=O)/C=C/c4ccccc4Cl)CC3)nc12. The Hall–Kier alpha value is -2.41. The zero-order valence-corrected chi connectivity index (χ0v) is 18.5. The van der Waals surface area contributed by atoms with Crippen LogP contribution in [0.5, 0.6) is 0 Å². The molecule has 1 aliphatic heterocycles. The number of para-hydroxylation sites is 1. The zero-order chi connectivity index (χ0) is 20.9. The van der Waals surface area contributed by atoms with Gasteiger partial charge in [0.2, 0.25) is 5.91 Å². The van der Waals surface area contributed by atoms with Gasteiger partial charge in [0.1, 0.15) is 0 Å². The summed E-state index contributed by atoms with van der Waals surface area (Å²) in [7, 11) is 0. The van der Waals surface area contributed by atoms with Crippen LogP contribution in [0.4, 0.5) is 5.13 Å². The van der Waals surface area contributed by atoms with Crippen LogP contribution in [0.15, 0.2) is 48.5 Å². The minimum absolute atomic E-state index is 0.0987. The van der Waals surface area contributed by atoms with Crippen molar-refractivity contribution in [2.45, 2.75) is 6.92 Å². The van der Waals surface area contributed by atoms with Gasteiger partial charge in [0.15, 0.2) is 5.13 Å². The third kappa shape index (κ3) is 5.01. The molecule has 0 radical (unpaired) electrons. The number of hydrogen-bond acceptors (Lipinski definition) is 5. The molecule has 5 nitrogen and oxygen atoms in total. The van der Waals surface area contributed by atoms with E-state index in [9.17, 15) is 4.79 Å². The second-order valence-electron chi connectivity index (χ2n) is 7.39. The Morgan fingerprint density at radius 1 is 1.17 bits per heavy atom. The molecular formula is C23H25ClN4OS. The van der Waals surface area contributed by atoms with Gasteiger partial charge in [-0.2, -0.15) is 0 Å². The molecule has 2 heterocycles. The van der Waals surface area contributed by atoms with Gasteiger partial charge in [-0.15, -0.1) is 0 Å². The van der Waals surface area contributed by atoms with Crippen molar-refractivity contribution in [3.63, 3.8) is 0 Å². The minimum Gasteiger partial charge on any atom is -0.351 e. The lowest BCUT2D eigenvalue weighted by atomic mass is 10.2. The molecule has 1 fully saturated rings. The molecule has 1 amide bonds. The highest BCUT2D eigenvalue weighted by Gasteiger charge is 2.20. The number of carbonyl (C=O) groups is 1. The summed E-state index contributed by atoms with van der Waals surface area (Å²) in [6.07, 6.45) is 3.28. The van der Waals surface area contributed by atoms with Gasteiger partial charge < -0.3 is 10.2 Å². The molecule has 30 heavy (non-hydrogen) atoms. The average molecular weight is 441 g/mol. The standard InChI is InChI=1S/C23H25ClN4OS/c1-17-5-4-8-20-22(17)26-23(30-20)28-15-13-27(14-16-28)12-11-25-21(29)10-9-18-6-2-3-7-19(18)24/h2-10H,11-16H2,1H3,(H,25,29)/b10-9+. The quantitative estimate of drug-likeness (QED) is 0.583. The number of carbonyl (C=O) groups excluding carboxylic acids is 1. The molecule has 1 aliphatic rings. The summed E-state index contributed by atoms with van der Waals surface area (Å²) in [5.41, 5.74) is 3.19. The van der Waals surface area contributed by atoms with Crippen LogP contribution in [0.2, 0.25) is 5.02 Å². The Balaban J connectivity index is 1.22. The van der Waals surface area contributed by atoms with Crippen LogP contribution in [-0.4, -0.2) is 55.1 Å². The van der Waals surface area contributed by atoms with Crippen molar-refractivity contribution in [1.82, 2.24) is 15.2 Å². The van der Waals surface area contributed by atoms with Gasteiger partial charge in [0.25, 0.3) is 0 Å². The third-order valence-corrected chi connectivity index (χ3v) is 6.72. The van der Waals surface area contributed by atoms with Crippen LogP contribution in [0.1, 0.15) is 11.1 Å². The first-order valence-electron chi connectivity index (χ1n) is 10.1. The van der Waals surface area contributed by atoms with E-state index >= 15 is 0 Å². The Labute approximate surface area is 186 Å². The van der Waals surface area contributed by atoms with Gasteiger partial charge in [-0.3, -0.25) is 9.69 Å². The lowest BCUT2D eigenvalue weighted by Crippen LogP contribution is -2.48. The molecule has 4 rings (SSSR count). The van der Waals surface area contributed by atoms with E-state index in [0.717, 1.165) is 48.9 Å². The van der Waals surface area contributed by atoms with Crippen LogP contribution in [0.3, 0.4) is 0 Å². The molecule has 7 heteroatoms. The molecule has 0 unspecified atom stereocenters. The monoisotopic (exact) mass is 440 g/mol. The number of nitrogens with one attached hydrogen (secondary N) is 1. The third-order valence-electron chi connectivity index (χ3n) is 5.30. The molecule has 0 aliphatic carbocycles. The summed E-state index contributed by atoms with van der Waals surface area (Å²) in [5.74, 6) is -0.0987. The Morgan fingerprint density at radius 2 is 1.97 bits per heavy atom. The summed E-state index contributed by atoms with van der Waals surface area (Å²) in [4.78, 5) is 21.6. The van der Waals surface area contributed by atoms with Gasteiger partial charge in [-0.1, -0.05) is 53.3 Å². The van der Waals surface area contributed by atoms with E-state index in [0.29, 0.717) is 11.6 Å². The number of fused-ring (bicyclic) bond motifs is 1. The lowest BCUT2D eigenvalue weighted by molar-refractivity contribution is -0.116. The number of thiazole rings is 1. The maximum Gasteiger partial charge on any atom is 0.244 e. The van der Waals surface area contributed by atoms with Crippen LogP contribution < -0.4 is 10.2 Å². The van der Waals surface area contributed by atoms with Gasteiger partial charge in [-0.25, -0.2) is 4.98 Å². The number of aromatic nitrogens is 1. The number of rotatable bonds is 6. The van der Waals surface area contributed by atoms with Crippen molar-refractivity contribution in [3.05, 3.63) is 64.7 Å². The molecule has 0 spiro atoms. The highest BCUT2D eigenvalue weighted by Crippen LogP contribution is 2.30. The van der Waals surface area contributed by atoms with Crippen molar-refractivity contribution in [2.24, 2.45) is 0 Å². The summed E-state index contributed by atoms with van der Waals surface area (Å²) in [6, 6.07) is 13.8. The number of anilines is 1. The van der Waals surface area contributed by atoms with E-state index in [2.05, 4.69) is 40.2 Å². The highest BCUT2D eigenvalue weighted by molar-refractivity contribution is 7.22. The maximum atomic E-state index is 12.0. The zero-order valence-electron chi connectivity index (χ0n) is 17.0. The van der Waals surface area contributed by atoms with E-state index in [1.807, 2.05) is 24.3 Å². The average Bonchev–Trinajstić information content (AvgIpc) is 3.19. The molecule has 1 saturated heterocycles. The highest BCUT2D eigenvalue weighted by atomic mass is 35.5. The van der Waals surface area contributed by atoms with Crippen LogP contribution >= 0.6 is 22.9 Å². The fourth-order valence-corrected chi connectivity index (χ4v) is 4.84. The van der Waals surface area contributed by atoms with E-state index in [4.69, 9.17) is 16.6 Å². The molecular weight excluding hydrogens is 416 g/mol. The molecule has 0 atom stereocenters. The summed E-state index contributed by atoms with van der Waals surface area (Å²) < 4.78 is 1.25. The second-order valence-corrected chi connectivity index (χ2v) is 8.81. The smallest absolute Gasteiger partial charge is 0.244 e. The molecule has 156 valence electrons. The van der Waals surface area contributed by atoms with Crippen LogP contribution in [0.25, 0.3) is 16.3 Å². The van der Waals surface area contributed by atoms with Crippen molar-refractivity contribution in [1.29, 1.82) is 0 Å². The molecule has 1 aromatic heterocycles. The number of amides is 1. The van der Waals surface area contributed by atoms with Gasteiger partial charge in [0.05, 0.1) is 10.2 Å².